The van der Waals surface area contributed by atoms with Crippen LogP contribution in [-0.2, 0) is 6.42 Å². The molecule has 3 rings (SSSR count). The van der Waals surface area contributed by atoms with E-state index in [2.05, 4.69) is 33.2 Å². The number of nitrogens with two attached hydrogens (primary N) is 1. The number of hydrogen-bond acceptors (Lipinski definition) is 6. The highest BCUT2D eigenvalue weighted by molar-refractivity contribution is 7.10. The highest BCUT2D eigenvalue weighted by Gasteiger charge is 2.27. The molecule has 19 heavy (non-hydrogen) atoms. The Morgan fingerprint density at radius 1 is 1.47 bits per heavy atom. The van der Waals surface area contributed by atoms with Gasteiger partial charge >= 0.3 is 0 Å². The third-order valence-electron chi connectivity index (χ3n) is 3.57. The Morgan fingerprint density at radius 2 is 2.32 bits per heavy atom. The number of anilines is 2. The van der Waals surface area contributed by atoms with Crippen LogP contribution in [0, 0.1) is 0 Å². The molecule has 0 amide bonds. The van der Waals surface area contributed by atoms with Crippen LogP contribution in [0.4, 0.5) is 11.5 Å². The Balaban J connectivity index is 2.00. The Morgan fingerprint density at radius 3 is 3.11 bits per heavy atom. The van der Waals surface area contributed by atoms with Crippen LogP contribution < -0.4 is 15.4 Å². The smallest absolute Gasteiger partial charge is 0.242 e. The molecule has 0 fully saturated rings. The van der Waals surface area contributed by atoms with Crippen LogP contribution in [0.5, 0.6) is 5.88 Å². The Labute approximate surface area is 116 Å². The van der Waals surface area contributed by atoms with Crippen molar-refractivity contribution in [2.24, 2.45) is 0 Å². The molecule has 0 spiro atoms. The second-order valence-corrected chi connectivity index (χ2v) is 5.54. The van der Waals surface area contributed by atoms with Crippen molar-refractivity contribution in [2.75, 3.05) is 24.3 Å². The maximum atomic E-state index is 6.09. The van der Waals surface area contributed by atoms with E-state index in [0.29, 0.717) is 11.6 Å². The van der Waals surface area contributed by atoms with Crippen molar-refractivity contribution in [1.29, 1.82) is 0 Å². The van der Waals surface area contributed by atoms with Crippen molar-refractivity contribution in [2.45, 2.75) is 19.4 Å². The topological polar surface area (TPSA) is 64.3 Å². The molecule has 0 aromatic carbocycles. The first-order chi connectivity index (χ1) is 9.22. The van der Waals surface area contributed by atoms with E-state index in [1.165, 1.54) is 16.8 Å². The molecule has 0 radical (unpaired) electrons. The molecule has 2 N–H and O–H groups in total. The predicted octanol–water partition coefficient (Wildman–Crippen LogP) is 2.25. The summed E-state index contributed by atoms with van der Waals surface area (Å²) in [6, 6.07) is 2.46. The highest BCUT2D eigenvalue weighted by atomic mass is 32.1. The predicted molar refractivity (Wildman–Crippen MR) is 76.8 cm³/mol. The molecule has 2 aromatic heterocycles. The lowest BCUT2D eigenvalue weighted by Crippen LogP contribution is -2.34. The maximum Gasteiger partial charge on any atom is 0.242 e. The van der Waals surface area contributed by atoms with E-state index in [-0.39, 0.29) is 6.04 Å². The number of methoxy groups -OCH3 is 1. The number of ether oxygens (including phenoxy) is 1. The molecular formula is C13H16N4OS. The van der Waals surface area contributed by atoms with Gasteiger partial charge in [0, 0.05) is 11.4 Å². The number of aromatic nitrogens is 2. The number of nitrogens with zero attached hydrogens (tertiary/aromatic N) is 3. The van der Waals surface area contributed by atoms with E-state index in [0.717, 1.165) is 18.8 Å². The van der Waals surface area contributed by atoms with Crippen LogP contribution >= 0.6 is 11.3 Å². The largest absolute Gasteiger partial charge is 0.479 e. The van der Waals surface area contributed by atoms with Gasteiger partial charge in [0.1, 0.15) is 12.0 Å². The molecule has 1 atom stereocenters. The first-order valence-corrected chi connectivity index (χ1v) is 7.07. The van der Waals surface area contributed by atoms with Crippen molar-refractivity contribution in [3.8, 4) is 5.88 Å². The van der Waals surface area contributed by atoms with Gasteiger partial charge in [-0.25, -0.2) is 4.98 Å². The fourth-order valence-electron chi connectivity index (χ4n) is 2.56. The first-order valence-electron chi connectivity index (χ1n) is 6.19. The normalized spacial score (nSPS) is 18.2. The van der Waals surface area contributed by atoms with Gasteiger partial charge in [0.05, 0.1) is 13.2 Å². The van der Waals surface area contributed by atoms with E-state index in [1.54, 1.807) is 7.11 Å². The van der Waals surface area contributed by atoms with E-state index < -0.39 is 0 Å². The molecule has 5 nitrogen and oxygen atoms in total. The zero-order valence-electron chi connectivity index (χ0n) is 11.0. The van der Waals surface area contributed by atoms with E-state index in [9.17, 15) is 0 Å². The fourth-order valence-corrected chi connectivity index (χ4v) is 3.52. The van der Waals surface area contributed by atoms with Crippen LogP contribution in [0.3, 0.4) is 0 Å². The number of nitrogen functional groups attached to an aromatic ring is 1. The molecule has 100 valence electrons. The van der Waals surface area contributed by atoms with Gasteiger partial charge < -0.3 is 15.4 Å². The van der Waals surface area contributed by atoms with E-state index in [1.807, 2.05) is 11.3 Å². The van der Waals surface area contributed by atoms with Gasteiger partial charge in [-0.2, -0.15) is 4.98 Å². The van der Waals surface area contributed by atoms with Gasteiger partial charge in [-0.05, 0) is 30.4 Å². The lowest BCUT2D eigenvalue weighted by molar-refractivity contribution is 0.399. The Bertz CT molecular complexity index is 598. The minimum atomic E-state index is 0.275. The molecule has 1 aliphatic rings. The van der Waals surface area contributed by atoms with Gasteiger partial charge in [0.25, 0.3) is 0 Å². The number of fused-ring (bicyclic) bond motifs is 1. The monoisotopic (exact) mass is 276 g/mol. The summed E-state index contributed by atoms with van der Waals surface area (Å²) < 4.78 is 5.17. The van der Waals surface area contributed by atoms with Gasteiger partial charge in [-0.1, -0.05) is 0 Å². The summed E-state index contributed by atoms with van der Waals surface area (Å²) in [6.45, 7) is 3.10. The molecule has 0 aliphatic carbocycles. The second kappa shape index (κ2) is 4.70. The van der Waals surface area contributed by atoms with Gasteiger partial charge in [-0.3, -0.25) is 0 Å². The molecule has 6 heteroatoms. The summed E-state index contributed by atoms with van der Waals surface area (Å²) in [6.07, 6.45) is 2.53. The third kappa shape index (κ3) is 1.92. The number of rotatable bonds is 2. The van der Waals surface area contributed by atoms with E-state index >= 15 is 0 Å². The van der Waals surface area contributed by atoms with Crippen LogP contribution in [-0.4, -0.2) is 23.6 Å². The summed E-state index contributed by atoms with van der Waals surface area (Å²) in [5, 5.41) is 2.15. The van der Waals surface area contributed by atoms with Gasteiger partial charge in [-0.15, -0.1) is 11.3 Å². The minimum absolute atomic E-state index is 0.275. The molecule has 0 saturated carbocycles. The summed E-state index contributed by atoms with van der Waals surface area (Å²) in [4.78, 5) is 12.0. The van der Waals surface area contributed by atoms with Crippen molar-refractivity contribution >= 4 is 22.8 Å². The van der Waals surface area contributed by atoms with Crippen molar-refractivity contribution < 1.29 is 4.74 Å². The van der Waals surface area contributed by atoms with Crippen molar-refractivity contribution in [3.63, 3.8) is 0 Å². The van der Waals surface area contributed by atoms with Crippen molar-refractivity contribution in [1.82, 2.24) is 9.97 Å². The van der Waals surface area contributed by atoms with Gasteiger partial charge in [0.15, 0.2) is 5.82 Å². The number of hydrogen-bond donors (Lipinski definition) is 1. The molecule has 2 aromatic rings. The average molecular weight is 276 g/mol. The highest BCUT2D eigenvalue weighted by Crippen LogP contribution is 2.38. The van der Waals surface area contributed by atoms with Crippen LogP contribution in [0.25, 0.3) is 0 Å². The zero-order chi connectivity index (χ0) is 13.4. The summed E-state index contributed by atoms with van der Waals surface area (Å²) >= 11 is 1.82. The van der Waals surface area contributed by atoms with E-state index in [4.69, 9.17) is 10.5 Å². The first kappa shape index (κ1) is 12.2. The second-order valence-electron chi connectivity index (χ2n) is 4.54. The van der Waals surface area contributed by atoms with Crippen molar-refractivity contribution in [3.05, 3.63) is 28.2 Å². The van der Waals surface area contributed by atoms with Crippen LogP contribution in [0.2, 0.25) is 0 Å². The lowest BCUT2D eigenvalue weighted by Gasteiger charge is -2.35. The molecule has 0 saturated heterocycles. The molecule has 0 bridgehead atoms. The summed E-state index contributed by atoms with van der Waals surface area (Å²) in [5.41, 5.74) is 7.97. The fraction of sp³-hybridized carbons (Fsp3) is 0.385. The third-order valence-corrected chi connectivity index (χ3v) is 4.57. The minimum Gasteiger partial charge on any atom is -0.479 e. The average Bonchev–Trinajstić information content (AvgIpc) is 2.89. The maximum absolute atomic E-state index is 6.09. The van der Waals surface area contributed by atoms with Crippen LogP contribution in [0.15, 0.2) is 17.8 Å². The standard InChI is InChI=1S/C13H16N4OS/c1-8-9-4-6-19-10(9)3-5-17(8)12-11(14)13(18-2)16-7-15-12/h4,6-8H,3,5,14H2,1-2H3. The zero-order valence-corrected chi connectivity index (χ0v) is 11.8. The molecule has 1 aliphatic heterocycles. The quantitative estimate of drug-likeness (QED) is 0.911. The SMILES string of the molecule is COc1ncnc(N2CCc3sccc3C2C)c1N. The Hall–Kier alpha value is -1.82. The molecule has 3 heterocycles. The summed E-state index contributed by atoms with van der Waals surface area (Å²) in [7, 11) is 1.57. The number of thiophene rings is 1. The summed E-state index contributed by atoms with van der Waals surface area (Å²) in [5.74, 6) is 1.20. The Kier molecular flexibility index (Phi) is 3.02. The molecule has 1 unspecified atom stereocenters. The molecular weight excluding hydrogens is 260 g/mol. The lowest BCUT2D eigenvalue weighted by atomic mass is 10.0. The van der Waals surface area contributed by atoms with Crippen LogP contribution in [0.1, 0.15) is 23.4 Å². The van der Waals surface area contributed by atoms with Gasteiger partial charge in [0.2, 0.25) is 5.88 Å².